The second-order valence-corrected chi connectivity index (χ2v) is 5.10. The van der Waals surface area contributed by atoms with Crippen molar-refractivity contribution in [1.29, 1.82) is 0 Å². The van der Waals surface area contributed by atoms with Gasteiger partial charge in [0.1, 0.15) is 11.5 Å². The highest BCUT2D eigenvalue weighted by atomic mass is 16.5. The maximum Gasteiger partial charge on any atom is 0.258 e. The first-order valence-corrected chi connectivity index (χ1v) is 7.43. The van der Waals surface area contributed by atoms with Crippen molar-refractivity contribution in [3.8, 4) is 11.5 Å². The Hall–Kier alpha value is -1.71. The third kappa shape index (κ3) is 4.76. The number of ether oxygens (including phenoxy) is 2. The molecule has 0 unspecified atom stereocenters. The van der Waals surface area contributed by atoms with Gasteiger partial charge in [0.25, 0.3) is 5.91 Å². The molecule has 0 spiro atoms. The van der Waals surface area contributed by atoms with E-state index in [1.807, 2.05) is 31.2 Å². The van der Waals surface area contributed by atoms with Crippen LogP contribution in [0.5, 0.6) is 11.5 Å². The van der Waals surface area contributed by atoms with E-state index in [1.54, 1.807) is 0 Å². The summed E-state index contributed by atoms with van der Waals surface area (Å²) in [6.07, 6.45) is 5.90. The van der Waals surface area contributed by atoms with Gasteiger partial charge in [-0.2, -0.15) is 0 Å². The summed E-state index contributed by atoms with van der Waals surface area (Å²) in [6.45, 7) is 2.66. The lowest BCUT2D eigenvalue weighted by Gasteiger charge is -2.22. The van der Waals surface area contributed by atoms with E-state index in [0.717, 1.165) is 18.6 Å². The van der Waals surface area contributed by atoms with E-state index < -0.39 is 0 Å². The van der Waals surface area contributed by atoms with Gasteiger partial charge in [0.15, 0.2) is 6.61 Å². The molecule has 4 nitrogen and oxygen atoms in total. The summed E-state index contributed by atoms with van der Waals surface area (Å²) in [5.41, 5.74) is 0. The first kappa shape index (κ1) is 14.7. The molecule has 1 aromatic carbocycles. The molecule has 1 amide bonds. The van der Waals surface area contributed by atoms with E-state index in [4.69, 9.17) is 9.47 Å². The average Bonchev–Trinajstić information content (AvgIpc) is 2.48. The van der Waals surface area contributed by atoms with E-state index in [0.29, 0.717) is 18.4 Å². The molecule has 0 saturated heterocycles. The quantitative estimate of drug-likeness (QED) is 0.869. The fourth-order valence-corrected chi connectivity index (χ4v) is 2.46. The van der Waals surface area contributed by atoms with Crippen LogP contribution in [0.1, 0.15) is 39.0 Å². The summed E-state index contributed by atoms with van der Waals surface area (Å²) in [7, 11) is 0. The second-order valence-electron chi connectivity index (χ2n) is 5.10. The lowest BCUT2D eigenvalue weighted by Crippen LogP contribution is -2.38. The zero-order valence-electron chi connectivity index (χ0n) is 12.1. The van der Waals surface area contributed by atoms with Crippen LogP contribution in [0.3, 0.4) is 0 Å². The fraction of sp³-hybridized carbons (Fsp3) is 0.562. The fourth-order valence-electron chi connectivity index (χ4n) is 2.46. The van der Waals surface area contributed by atoms with Gasteiger partial charge >= 0.3 is 0 Å². The zero-order chi connectivity index (χ0) is 14.2. The monoisotopic (exact) mass is 277 g/mol. The van der Waals surface area contributed by atoms with Crippen molar-refractivity contribution < 1.29 is 14.3 Å². The Balaban J connectivity index is 1.72. The summed E-state index contributed by atoms with van der Waals surface area (Å²) in [4.78, 5) is 11.8. The molecule has 1 saturated carbocycles. The smallest absolute Gasteiger partial charge is 0.258 e. The summed E-state index contributed by atoms with van der Waals surface area (Å²) < 4.78 is 10.8. The van der Waals surface area contributed by atoms with Crippen LogP contribution in [-0.4, -0.2) is 25.2 Å². The molecule has 1 aliphatic carbocycles. The van der Waals surface area contributed by atoms with Crippen molar-refractivity contribution in [2.24, 2.45) is 0 Å². The normalized spacial score (nSPS) is 15.7. The first-order valence-electron chi connectivity index (χ1n) is 7.43. The van der Waals surface area contributed by atoms with E-state index in [-0.39, 0.29) is 12.5 Å². The summed E-state index contributed by atoms with van der Waals surface area (Å²) in [5.74, 6) is 1.46. The molecule has 1 N–H and O–H groups in total. The molecule has 1 fully saturated rings. The van der Waals surface area contributed by atoms with Crippen LogP contribution >= 0.6 is 0 Å². The number of nitrogens with one attached hydrogen (secondary N) is 1. The van der Waals surface area contributed by atoms with E-state index >= 15 is 0 Å². The van der Waals surface area contributed by atoms with E-state index in [2.05, 4.69) is 5.32 Å². The van der Waals surface area contributed by atoms with Gasteiger partial charge in [-0.3, -0.25) is 4.79 Å². The van der Waals surface area contributed by atoms with E-state index in [9.17, 15) is 4.79 Å². The Morgan fingerprint density at radius 2 is 1.70 bits per heavy atom. The number of hydrogen-bond donors (Lipinski definition) is 1. The van der Waals surface area contributed by atoms with Crippen molar-refractivity contribution in [3.05, 3.63) is 24.3 Å². The molecule has 0 aliphatic heterocycles. The molecule has 1 aliphatic rings. The van der Waals surface area contributed by atoms with Crippen LogP contribution in [0.2, 0.25) is 0 Å². The highest BCUT2D eigenvalue weighted by Crippen LogP contribution is 2.18. The molecule has 0 aromatic heterocycles. The van der Waals surface area contributed by atoms with E-state index in [1.165, 1.54) is 19.3 Å². The maximum atomic E-state index is 11.8. The Labute approximate surface area is 120 Å². The van der Waals surface area contributed by atoms with Gasteiger partial charge in [0, 0.05) is 6.04 Å². The van der Waals surface area contributed by atoms with Gasteiger partial charge in [-0.1, -0.05) is 19.3 Å². The molecule has 0 heterocycles. The van der Waals surface area contributed by atoms with Gasteiger partial charge in [-0.25, -0.2) is 0 Å². The van der Waals surface area contributed by atoms with Crippen molar-refractivity contribution in [2.45, 2.75) is 45.1 Å². The van der Waals surface area contributed by atoms with Crippen molar-refractivity contribution in [1.82, 2.24) is 5.32 Å². The Kier molecular flexibility index (Phi) is 5.71. The van der Waals surface area contributed by atoms with Crippen LogP contribution in [0, 0.1) is 0 Å². The lowest BCUT2D eigenvalue weighted by atomic mass is 9.95. The Bertz CT molecular complexity index is 410. The van der Waals surface area contributed by atoms with Gasteiger partial charge in [0.05, 0.1) is 6.61 Å². The first-order chi connectivity index (χ1) is 9.78. The highest BCUT2D eigenvalue weighted by molar-refractivity contribution is 5.77. The SMILES string of the molecule is CCOc1ccc(OCC(=O)NC2CCCCC2)cc1. The molecule has 110 valence electrons. The standard InChI is InChI=1S/C16H23NO3/c1-2-19-14-8-10-15(11-9-14)20-12-16(18)17-13-6-4-3-5-7-13/h8-11,13H,2-7,12H2,1H3,(H,17,18). The molecular formula is C16H23NO3. The zero-order valence-corrected chi connectivity index (χ0v) is 12.1. The molecule has 4 heteroatoms. The van der Waals surface area contributed by atoms with Crippen LogP contribution in [0.4, 0.5) is 0 Å². The molecule has 2 rings (SSSR count). The van der Waals surface area contributed by atoms with Gasteiger partial charge in [-0.05, 0) is 44.0 Å². The topological polar surface area (TPSA) is 47.6 Å². The van der Waals surface area contributed by atoms with Crippen molar-refractivity contribution >= 4 is 5.91 Å². The Morgan fingerprint density at radius 1 is 1.10 bits per heavy atom. The van der Waals surface area contributed by atoms with Crippen molar-refractivity contribution in [2.75, 3.05) is 13.2 Å². The summed E-state index contributed by atoms with van der Waals surface area (Å²) >= 11 is 0. The van der Waals surface area contributed by atoms with Crippen LogP contribution in [-0.2, 0) is 4.79 Å². The number of benzene rings is 1. The third-order valence-electron chi connectivity index (χ3n) is 3.47. The van der Waals surface area contributed by atoms with Gasteiger partial charge in [-0.15, -0.1) is 0 Å². The highest BCUT2D eigenvalue weighted by Gasteiger charge is 2.15. The molecule has 1 aromatic rings. The largest absolute Gasteiger partial charge is 0.494 e. The predicted octanol–water partition coefficient (Wildman–Crippen LogP) is 2.91. The summed E-state index contributed by atoms with van der Waals surface area (Å²) in [6, 6.07) is 7.66. The van der Waals surface area contributed by atoms with Gasteiger partial charge in [0.2, 0.25) is 0 Å². The molecule has 20 heavy (non-hydrogen) atoms. The number of amides is 1. The van der Waals surface area contributed by atoms with Crippen molar-refractivity contribution in [3.63, 3.8) is 0 Å². The number of rotatable bonds is 6. The number of hydrogen-bond acceptors (Lipinski definition) is 3. The predicted molar refractivity (Wildman–Crippen MR) is 78.1 cm³/mol. The second kappa shape index (κ2) is 7.78. The minimum atomic E-state index is -0.0363. The Morgan fingerprint density at radius 3 is 2.30 bits per heavy atom. The van der Waals surface area contributed by atoms with Crippen LogP contribution < -0.4 is 14.8 Å². The number of carbonyl (C=O) groups excluding carboxylic acids is 1. The molecule has 0 radical (unpaired) electrons. The minimum Gasteiger partial charge on any atom is -0.494 e. The molecule has 0 atom stereocenters. The maximum absolute atomic E-state index is 11.8. The summed E-state index contributed by atoms with van der Waals surface area (Å²) in [5, 5.41) is 3.03. The minimum absolute atomic E-state index is 0.0363. The average molecular weight is 277 g/mol. The number of carbonyl (C=O) groups is 1. The van der Waals surface area contributed by atoms with Crippen LogP contribution in [0.25, 0.3) is 0 Å². The molecular weight excluding hydrogens is 254 g/mol. The lowest BCUT2D eigenvalue weighted by molar-refractivity contribution is -0.124. The third-order valence-corrected chi connectivity index (χ3v) is 3.47. The van der Waals surface area contributed by atoms with Gasteiger partial charge < -0.3 is 14.8 Å². The molecule has 0 bridgehead atoms. The van der Waals surface area contributed by atoms with Crippen LogP contribution in [0.15, 0.2) is 24.3 Å².